The molecule has 0 aromatic carbocycles. The van der Waals surface area contributed by atoms with E-state index in [9.17, 15) is 5.11 Å². The zero-order valence-corrected chi connectivity index (χ0v) is 14.6. The van der Waals surface area contributed by atoms with Gasteiger partial charge in [0.15, 0.2) is 17.2 Å². The van der Waals surface area contributed by atoms with Gasteiger partial charge in [-0.15, -0.1) is 0 Å². The Kier molecular flexibility index (Phi) is 3.73. The van der Waals surface area contributed by atoms with Gasteiger partial charge in [-0.3, -0.25) is 0 Å². The number of fused-ring (bicyclic) bond motifs is 1. The molecule has 0 aliphatic carbocycles. The van der Waals surface area contributed by atoms with Gasteiger partial charge in [0.1, 0.15) is 5.82 Å². The summed E-state index contributed by atoms with van der Waals surface area (Å²) in [6, 6.07) is 0. The Balaban J connectivity index is 1.72. The summed E-state index contributed by atoms with van der Waals surface area (Å²) in [6.07, 6.45) is 2.69. The van der Waals surface area contributed by atoms with Crippen molar-refractivity contribution in [1.82, 2.24) is 19.9 Å². The number of likely N-dealkylation sites (tertiary alicyclic amines) is 1. The van der Waals surface area contributed by atoms with Gasteiger partial charge in [-0.05, 0) is 33.2 Å². The van der Waals surface area contributed by atoms with E-state index in [2.05, 4.69) is 31.8 Å². The number of rotatable bonds is 1. The summed E-state index contributed by atoms with van der Waals surface area (Å²) in [6.45, 7) is 7.33. The summed E-state index contributed by atoms with van der Waals surface area (Å²) in [5.74, 6) is 2.14. The largest absolute Gasteiger partial charge is 0.422 e. The fourth-order valence-corrected chi connectivity index (χ4v) is 4.35. The third-order valence-corrected chi connectivity index (χ3v) is 5.44. The molecule has 7 nitrogen and oxygen atoms in total. The highest BCUT2D eigenvalue weighted by Crippen LogP contribution is 2.40. The standard InChI is InChI=1S/C17H25N5O2/c1-11-18-15(14-16(19-11)24-12(2)20-14)22-7-4-6-17(10-22)9-21(3)8-5-13(17)23/h13,23H,4-10H2,1-3H3/t13-,17-/m0/s1. The molecule has 24 heavy (non-hydrogen) atoms. The molecule has 4 rings (SSSR count). The maximum atomic E-state index is 10.7. The first-order valence-electron chi connectivity index (χ1n) is 8.70. The number of piperidine rings is 2. The number of anilines is 1. The van der Waals surface area contributed by atoms with Crippen LogP contribution in [0.1, 0.15) is 31.0 Å². The molecule has 7 heteroatoms. The number of aryl methyl sites for hydroxylation is 2. The van der Waals surface area contributed by atoms with Crippen LogP contribution in [0.4, 0.5) is 5.82 Å². The summed E-state index contributed by atoms with van der Waals surface area (Å²) in [5.41, 5.74) is 1.19. The fourth-order valence-electron chi connectivity index (χ4n) is 4.35. The lowest BCUT2D eigenvalue weighted by Gasteiger charge is -2.50. The number of aliphatic hydroxyl groups excluding tert-OH is 1. The molecule has 4 heterocycles. The Morgan fingerprint density at radius 3 is 2.83 bits per heavy atom. The highest BCUT2D eigenvalue weighted by molar-refractivity contribution is 5.82. The second-order valence-corrected chi connectivity index (χ2v) is 7.41. The lowest BCUT2D eigenvalue weighted by Crippen LogP contribution is -2.58. The van der Waals surface area contributed by atoms with E-state index in [0.717, 1.165) is 56.8 Å². The second-order valence-electron chi connectivity index (χ2n) is 7.41. The first-order valence-corrected chi connectivity index (χ1v) is 8.70. The van der Waals surface area contributed by atoms with Crippen LogP contribution in [0.3, 0.4) is 0 Å². The summed E-state index contributed by atoms with van der Waals surface area (Å²) in [5, 5.41) is 10.7. The third-order valence-electron chi connectivity index (χ3n) is 5.44. The average molecular weight is 331 g/mol. The van der Waals surface area contributed by atoms with E-state index in [1.54, 1.807) is 0 Å². The number of nitrogens with zero attached hydrogens (tertiary/aromatic N) is 5. The molecule has 2 aromatic rings. The number of hydrogen-bond donors (Lipinski definition) is 1. The number of aliphatic hydroxyl groups is 1. The minimum atomic E-state index is -0.256. The molecule has 2 aromatic heterocycles. The van der Waals surface area contributed by atoms with Gasteiger partial charge < -0.3 is 19.3 Å². The maximum absolute atomic E-state index is 10.7. The van der Waals surface area contributed by atoms with E-state index >= 15 is 0 Å². The lowest BCUT2D eigenvalue weighted by atomic mass is 9.71. The molecular formula is C17H25N5O2. The Morgan fingerprint density at radius 1 is 1.17 bits per heavy atom. The van der Waals surface area contributed by atoms with Crippen molar-refractivity contribution in [3.05, 3.63) is 11.7 Å². The Hall–Kier alpha value is -1.73. The molecular weight excluding hydrogens is 306 g/mol. The van der Waals surface area contributed by atoms with E-state index in [4.69, 9.17) is 4.42 Å². The van der Waals surface area contributed by atoms with Crippen molar-refractivity contribution in [1.29, 1.82) is 0 Å². The van der Waals surface area contributed by atoms with Crippen molar-refractivity contribution in [3.8, 4) is 0 Å². The Morgan fingerprint density at radius 2 is 2.00 bits per heavy atom. The molecule has 1 spiro atoms. The van der Waals surface area contributed by atoms with Gasteiger partial charge in [0.2, 0.25) is 0 Å². The molecule has 2 fully saturated rings. The van der Waals surface area contributed by atoms with Crippen LogP contribution in [0.15, 0.2) is 4.42 Å². The van der Waals surface area contributed by atoms with E-state index < -0.39 is 0 Å². The molecule has 2 saturated heterocycles. The predicted octanol–water partition coefficient (Wildman–Crippen LogP) is 1.52. The second kappa shape index (κ2) is 5.67. The summed E-state index contributed by atoms with van der Waals surface area (Å²) in [4.78, 5) is 18.1. The Bertz CT molecular complexity index is 761. The molecule has 0 amide bonds. The summed E-state index contributed by atoms with van der Waals surface area (Å²) < 4.78 is 5.61. The van der Waals surface area contributed by atoms with Crippen LogP contribution in [-0.2, 0) is 0 Å². The van der Waals surface area contributed by atoms with E-state index in [0.29, 0.717) is 17.4 Å². The van der Waals surface area contributed by atoms with Gasteiger partial charge in [-0.25, -0.2) is 9.97 Å². The lowest BCUT2D eigenvalue weighted by molar-refractivity contribution is -0.0466. The van der Waals surface area contributed by atoms with Gasteiger partial charge in [-0.2, -0.15) is 4.98 Å². The highest BCUT2D eigenvalue weighted by atomic mass is 16.4. The van der Waals surface area contributed by atoms with E-state index in [1.165, 1.54) is 0 Å². The molecule has 0 saturated carbocycles. The quantitative estimate of drug-likeness (QED) is 0.848. The van der Waals surface area contributed by atoms with Crippen molar-refractivity contribution < 1.29 is 9.52 Å². The van der Waals surface area contributed by atoms with Crippen LogP contribution in [0.5, 0.6) is 0 Å². The minimum Gasteiger partial charge on any atom is -0.422 e. The SMILES string of the molecule is Cc1nc(N2CCC[C@]3(CN(C)CC[C@@H]3O)C2)c2nc(C)oc2n1. The smallest absolute Gasteiger partial charge is 0.252 e. The van der Waals surface area contributed by atoms with Crippen molar-refractivity contribution in [2.24, 2.45) is 5.41 Å². The molecule has 0 bridgehead atoms. The fraction of sp³-hybridized carbons (Fsp3) is 0.706. The number of aromatic nitrogens is 3. The Labute approximate surface area is 141 Å². The van der Waals surface area contributed by atoms with Crippen molar-refractivity contribution >= 4 is 17.0 Å². The molecule has 0 radical (unpaired) electrons. The third kappa shape index (κ3) is 2.56. The van der Waals surface area contributed by atoms with Gasteiger partial charge in [-0.1, -0.05) is 0 Å². The zero-order chi connectivity index (χ0) is 16.9. The van der Waals surface area contributed by atoms with Crippen LogP contribution in [0.25, 0.3) is 11.2 Å². The first kappa shape index (κ1) is 15.8. The average Bonchev–Trinajstić information content (AvgIpc) is 2.90. The topological polar surface area (TPSA) is 78.5 Å². The molecule has 0 unspecified atom stereocenters. The first-order chi connectivity index (χ1) is 11.5. The van der Waals surface area contributed by atoms with E-state index in [1.807, 2.05) is 13.8 Å². The molecule has 2 atom stereocenters. The van der Waals surface area contributed by atoms with Crippen LogP contribution >= 0.6 is 0 Å². The van der Waals surface area contributed by atoms with Gasteiger partial charge >= 0.3 is 0 Å². The predicted molar refractivity (Wildman–Crippen MR) is 91.1 cm³/mol. The van der Waals surface area contributed by atoms with Gasteiger partial charge in [0.25, 0.3) is 5.71 Å². The van der Waals surface area contributed by atoms with Crippen molar-refractivity contribution in [2.45, 2.75) is 39.2 Å². The van der Waals surface area contributed by atoms with Crippen LogP contribution in [-0.4, -0.2) is 64.3 Å². The van der Waals surface area contributed by atoms with Crippen LogP contribution < -0.4 is 4.90 Å². The molecule has 1 N–H and O–H groups in total. The zero-order valence-electron chi connectivity index (χ0n) is 14.6. The summed E-state index contributed by atoms with van der Waals surface area (Å²) in [7, 11) is 2.14. The monoisotopic (exact) mass is 331 g/mol. The van der Waals surface area contributed by atoms with Gasteiger partial charge in [0.05, 0.1) is 6.10 Å². The van der Waals surface area contributed by atoms with Crippen LogP contribution in [0, 0.1) is 19.3 Å². The molecule has 2 aliphatic rings. The molecule has 130 valence electrons. The van der Waals surface area contributed by atoms with E-state index in [-0.39, 0.29) is 11.5 Å². The number of hydrogen-bond acceptors (Lipinski definition) is 7. The van der Waals surface area contributed by atoms with Crippen molar-refractivity contribution in [2.75, 3.05) is 38.1 Å². The number of oxazole rings is 1. The van der Waals surface area contributed by atoms with Crippen LogP contribution in [0.2, 0.25) is 0 Å². The van der Waals surface area contributed by atoms with Crippen molar-refractivity contribution in [3.63, 3.8) is 0 Å². The highest BCUT2D eigenvalue weighted by Gasteiger charge is 2.45. The maximum Gasteiger partial charge on any atom is 0.252 e. The van der Waals surface area contributed by atoms with Gasteiger partial charge in [0, 0.05) is 38.5 Å². The molecule has 2 aliphatic heterocycles. The summed E-state index contributed by atoms with van der Waals surface area (Å²) >= 11 is 0. The normalized spacial score (nSPS) is 28.8. The minimum absolute atomic E-state index is 0.0881.